The molecule has 0 radical (unpaired) electrons. The molecule has 3 aromatic carbocycles. The topological polar surface area (TPSA) is 84.5 Å². The van der Waals surface area contributed by atoms with Crippen LogP contribution in [0.2, 0.25) is 0 Å². The molecule has 0 fully saturated rings. The fourth-order valence-corrected chi connectivity index (χ4v) is 4.39. The molecular formula is C26H30N2O4S. The molecule has 0 bridgehead atoms. The average molecular weight is 467 g/mol. The van der Waals surface area contributed by atoms with E-state index in [9.17, 15) is 13.2 Å². The van der Waals surface area contributed by atoms with E-state index in [-0.39, 0.29) is 10.8 Å². The van der Waals surface area contributed by atoms with Crippen LogP contribution in [0.1, 0.15) is 33.5 Å². The Bertz CT molecular complexity index is 1160. The molecular weight excluding hydrogens is 436 g/mol. The van der Waals surface area contributed by atoms with E-state index in [0.717, 1.165) is 17.5 Å². The van der Waals surface area contributed by atoms with Crippen LogP contribution in [0.5, 0.6) is 0 Å². The highest BCUT2D eigenvalue weighted by atomic mass is 32.2. The van der Waals surface area contributed by atoms with Crippen molar-refractivity contribution in [3.63, 3.8) is 0 Å². The zero-order valence-corrected chi connectivity index (χ0v) is 19.8. The third-order valence-corrected chi connectivity index (χ3v) is 6.79. The van der Waals surface area contributed by atoms with E-state index in [1.54, 1.807) is 6.07 Å². The Morgan fingerprint density at radius 2 is 1.61 bits per heavy atom. The minimum atomic E-state index is -3.74. The van der Waals surface area contributed by atoms with Gasteiger partial charge in [0.05, 0.1) is 17.2 Å². The number of carbonyl (C=O) groups excluding carboxylic acids is 1. The van der Waals surface area contributed by atoms with Crippen LogP contribution in [0, 0.1) is 13.8 Å². The molecule has 2 N–H and O–H groups in total. The van der Waals surface area contributed by atoms with Crippen molar-refractivity contribution in [2.75, 3.05) is 24.5 Å². The Morgan fingerprint density at radius 1 is 0.879 bits per heavy atom. The van der Waals surface area contributed by atoms with Crippen LogP contribution in [0.25, 0.3) is 0 Å². The number of ether oxygens (including phenoxy) is 1. The molecule has 0 saturated carbocycles. The minimum Gasteiger partial charge on any atom is -0.381 e. The van der Waals surface area contributed by atoms with Gasteiger partial charge in [-0.2, -0.15) is 0 Å². The van der Waals surface area contributed by atoms with Gasteiger partial charge in [-0.3, -0.25) is 9.52 Å². The van der Waals surface area contributed by atoms with Crippen LogP contribution in [-0.2, 0) is 21.2 Å². The fraction of sp³-hybridized carbons (Fsp3) is 0.269. The standard InChI is InChI=1S/C26H30N2O4S/c1-20-8-6-11-25(21(20)2)28-33(30,31)24-14-12-23(13-15-24)26(29)27-17-7-18-32-19-16-22-9-4-3-5-10-22/h3-6,8-15,28H,7,16-19H2,1-2H3,(H,27,29). The maximum atomic E-state index is 12.7. The number of amides is 1. The first kappa shape index (κ1) is 24.5. The molecule has 0 heterocycles. The first-order valence-corrected chi connectivity index (χ1v) is 12.4. The highest BCUT2D eigenvalue weighted by Crippen LogP contribution is 2.22. The van der Waals surface area contributed by atoms with Gasteiger partial charge >= 0.3 is 0 Å². The van der Waals surface area contributed by atoms with Crippen LogP contribution in [0.3, 0.4) is 0 Å². The average Bonchev–Trinajstić information content (AvgIpc) is 2.82. The molecule has 174 valence electrons. The monoisotopic (exact) mass is 466 g/mol. The number of benzene rings is 3. The van der Waals surface area contributed by atoms with Crippen molar-refractivity contribution in [2.45, 2.75) is 31.6 Å². The maximum Gasteiger partial charge on any atom is 0.261 e. The van der Waals surface area contributed by atoms with Crippen molar-refractivity contribution in [3.05, 3.63) is 95.1 Å². The Labute approximate surface area is 196 Å². The van der Waals surface area contributed by atoms with Gasteiger partial charge in [0.2, 0.25) is 0 Å². The number of hydrogen-bond acceptors (Lipinski definition) is 4. The van der Waals surface area contributed by atoms with Crippen molar-refractivity contribution in [2.24, 2.45) is 0 Å². The smallest absolute Gasteiger partial charge is 0.261 e. The molecule has 0 aliphatic heterocycles. The molecule has 7 heteroatoms. The molecule has 0 aliphatic rings. The van der Waals surface area contributed by atoms with Crippen LogP contribution in [0.4, 0.5) is 5.69 Å². The summed E-state index contributed by atoms with van der Waals surface area (Å²) in [4.78, 5) is 12.4. The molecule has 0 aromatic heterocycles. The van der Waals surface area contributed by atoms with Gasteiger partial charge in [0.25, 0.3) is 15.9 Å². The largest absolute Gasteiger partial charge is 0.381 e. The number of nitrogens with one attached hydrogen (secondary N) is 2. The lowest BCUT2D eigenvalue weighted by Gasteiger charge is -2.12. The predicted molar refractivity (Wildman–Crippen MR) is 131 cm³/mol. The Hall–Kier alpha value is -3.16. The van der Waals surface area contributed by atoms with Gasteiger partial charge in [0.1, 0.15) is 0 Å². The van der Waals surface area contributed by atoms with Gasteiger partial charge in [-0.25, -0.2) is 8.42 Å². The summed E-state index contributed by atoms with van der Waals surface area (Å²) < 4.78 is 33.7. The molecule has 1 amide bonds. The zero-order valence-electron chi connectivity index (χ0n) is 19.0. The SMILES string of the molecule is Cc1cccc(NS(=O)(=O)c2ccc(C(=O)NCCCOCCc3ccccc3)cc2)c1C. The molecule has 3 aromatic rings. The molecule has 3 rings (SSSR count). The van der Waals surface area contributed by atoms with E-state index in [4.69, 9.17) is 4.74 Å². The summed E-state index contributed by atoms with van der Waals surface area (Å²) in [6.45, 7) is 5.49. The van der Waals surface area contributed by atoms with E-state index in [0.29, 0.717) is 37.4 Å². The molecule has 0 saturated heterocycles. The Morgan fingerprint density at radius 3 is 2.33 bits per heavy atom. The first-order chi connectivity index (χ1) is 15.9. The number of anilines is 1. The third kappa shape index (κ3) is 7.17. The second-order valence-corrected chi connectivity index (χ2v) is 9.52. The number of hydrogen-bond donors (Lipinski definition) is 2. The molecule has 0 atom stereocenters. The van der Waals surface area contributed by atoms with Gasteiger partial charge in [-0.05, 0) is 73.7 Å². The van der Waals surface area contributed by atoms with Crippen molar-refractivity contribution < 1.29 is 17.9 Å². The number of carbonyl (C=O) groups is 1. The maximum absolute atomic E-state index is 12.7. The first-order valence-electron chi connectivity index (χ1n) is 11.0. The van der Waals surface area contributed by atoms with E-state index < -0.39 is 10.0 Å². The molecule has 0 spiro atoms. The predicted octanol–water partition coefficient (Wildman–Crippen LogP) is 4.48. The number of aryl methyl sites for hydroxylation is 1. The summed E-state index contributed by atoms with van der Waals surface area (Å²) in [5.41, 5.74) is 4.07. The van der Waals surface area contributed by atoms with Crippen LogP contribution in [-0.4, -0.2) is 34.1 Å². The molecule has 0 unspecified atom stereocenters. The lowest BCUT2D eigenvalue weighted by molar-refractivity contribution is 0.0942. The minimum absolute atomic E-state index is 0.103. The summed E-state index contributed by atoms with van der Waals surface area (Å²) in [5.74, 6) is -0.245. The van der Waals surface area contributed by atoms with Gasteiger partial charge < -0.3 is 10.1 Å². The molecule has 6 nitrogen and oxygen atoms in total. The quantitative estimate of drug-likeness (QED) is 0.408. The van der Waals surface area contributed by atoms with Crippen LogP contribution < -0.4 is 10.0 Å². The molecule has 0 aliphatic carbocycles. The lowest BCUT2D eigenvalue weighted by Crippen LogP contribution is -2.25. The van der Waals surface area contributed by atoms with Crippen molar-refractivity contribution in [1.82, 2.24) is 5.32 Å². The normalized spacial score (nSPS) is 11.2. The van der Waals surface area contributed by atoms with Gasteiger partial charge in [0, 0.05) is 18.7 Å². The van der Waals surface area contributed by atoms with Gasteiger partial charge in [0.15, 0.2) is 0 Å². The van der Waals surface area contributed by atoms with Gasteiger partial charge in [-0.1, -0.05) is 42.5 Å². The van der Waals surface area contributed by atoms with Gasteiger partial charge in [-0.15, -0.1) is 0 Å². The summed E-state index contributed by atoms with van der Waals surface area (Å²) in [7, 11) is -3.74. The van der Waals surface area contributed by atoms with E-state index >= 15 is 0 Å². The Kier molecular flexibility index (Phi) is 8.63. The summed E-state index contributed by atoms with van der Waals surface area (Å²) >= 11 is 0. The van der Waals surface area contributed by atoms with Crippen molar-refractivity contribution >= 4 is 21.6 Å². The molecule has 33 heavy (non-hydrogen) atoms. The Balaban J connectivity index is 1.43. The number of sulfonamides is 1. The third-order valence-electron chi connectivity index (χ3n) is 5.40. The van der Waals surface area contributed by atoms with E-state index in [1.807, 2.05) is 44.2 Å². The van der Waals surface area contributed by atoms with Crippen molar-refractivity contribution in [3.8, 4) is 0 Å². The van der Waals surface area contributed by atoms with Crippen LogP contribution >= 0.6 is 0 Å². The van der Waals surface area contributed by atoms with E-state index in [1.165, 1.54) is 29.8 Å². The fourth-order valence-electron chi connectivity index (χ4n) is 3.27. The van der Waals surface area contributed by atoms with E-state index in [2.05, 4.69) is 22.2 Å². The number of rotatable bonds is 11. The highest BCUT2D eigenvalue weighted by molar-refractivity contribution is 7.92. The van der Waals surface area contributed by atoms with Crippen LogP contribution in [0.15, 0.2) is 77.7 Å². The second kappa shape index (κ2) is 11.6. The summed E-state index contributed by atoms with van der Waals surface area (Å²) in [6, 6.07) is 21.5. The summed E-state index contributed by atoms with van der Waals surface area (Å²) in [5, 5.41) is 2.84. The zero-order chi connectivity index (χ0) is 23.7. The highest BCUT2D eigenvalue weighted by Gasteiger charge is 2.16. The second-order valence-electron chi connectivity index (χ2n) is 7.83. The van der Waals surface area contributed by atoms with Crippen molar-refractivity contribution in [1.29, 1.82) is 0 Å². The summed E-state index contributed by atoms with van der Waals surface area (Å²) in [6.07, 6.45) is 1.56. The lowest BCUT2D eigenvalue weighted by atomic mass is 10.1.